The minimum absolute atomic E-state index is 0.140. The van der Waals surface area contributed by atoms with Crippen LogP contribution in [0.2, 0.25) is 0 Å². The van der Waals surface area contributed by atoms with Gasteiger partial charge in [-0.15, -0.1) is 0 Å². The molecule has 0 unspecified atom stereocenters. The number of carbonyl (C=O) groups is 2. The standard InChI is InChI=1S/C21H24N2O5S/c1-15-4-6-16(7-5-15)19(14-20(24)25)22-21(26)17-8-10-18(11-9-17)29(27,28)23-12-2-3-13-23/h4-11,19H,2-3,12-14H2,1H3,(H,22,26)(H,24,25)/p-1/t19-/m1/s1. The van der Waals surface area contributed by atoms with Crippen molar-refractivity contribution in [1.29, 1.82) is 0 Å². The Bertz CT molecular complexity index is 979. The summed E-state index contributed by atoms with van der Waals surface area (Å²) in [7, 11) is -3.55. The summed E-state index contributed by atoms with van der Waals surface area (Å²) >= 11 is 0. The first-order chi connectivity index (χ1) is 13.8. The van der Waals surface area contributed by atoms with Gasteiger partial charge in [0.15, 0.2) is 0 Å². The van der Waals surface area contributed by atoms with Crippen molar-refractivity contribution in [3.63, 3.8) is 0 Å². The van der Waals surface area contributed by atoms with E-state index in [-0.39, 0.29) is 16.9 Å². The van der Waals surface area contributed by atoms with Crippen LogP contribution in [0.1, 0.15) is 46.8 Å². The lowest BCUT2D eigenvalue weighted by Gasteiger charge is -2.20. The third-order valence-corrected chi connectivity index (χ3v) is 6.89. The molecule has 0 saturated carbocycles. The molecule has 1 fully saturated rings. The Morgan fingerprint density at radius 1 is 1.03 bits per heavy atom. The summed E-state index contributed by atoms with van der Waals surface area (Å²) in [5, 5.41) is 13.8. The molecule has 1 aliphatic heterocycles. The molecule has 0 spiro atoms. The Kier molecular flexibility index (Phi) is 6.34. The van der Waals surface area contributed by atoms with Gasteiger partial charge < -0.3 is 15.2 Å². The number of carboxylic acids is 1. The predicted molar refractivity (Wildman–Crippen MR) is 105 cm³/mol. The average Bonchev–Trinajstić information content (AvgIpc) is 3.23. The van der Waals surface area contributed by atoms with Crippen molar-refractivity contribution in [1.82, 2.24) is 9.62 Å². The van der Waals surface area contributed by atoms with E-state index in [0.29, 0.717) is 18.7 Å². The minimum atomic E-state index is -3.55. The first-order valence-electron chi connectivity index (χ1n) is 9.45. The Morgan fingerprint density at radius 2 is 1.62 bits per heavy atom. The number of nitrogens with one attached hydrogen (secondary N) is 1. The van der Waals surface area contributed by atoms with Crippen LogP contribution in [0.4, 0.5) is 0 Å². The predicted octanol–water partition coefficient (Wildman–Crippen LogP) is 1.39. The van der Waals surface area contributed by atoms with Gasteiger partial charge in [-0.25, -0.2) is 8.42 Å². The van der Waals surface area contributed by atoms with Crippen molar-refractivity contribution < 1.29 is 23.1 Å². The smallest absolute Gasteiger partial charge is 0.251 e. The molecular formula is C21H23N2O5S-. The number of amides is 1. The number of aryl methyl sites for hydroxylation is 1. The molecule has 3 rings (SSSR count). The molecule has 1 atom stereocenters. The molecule has 2 aromatic rings. The number of benzene rings is 2. The molecule has 1 heterocycles. The zero-order valence-electron chi connectivity index (χ0n) is 16.1. The maximum Gasteiger partial charge on any atom is 0.251 e. The van der Waals surface area contributed by atoms with Crippen LogP contribution in [0, 0.1) is 6.92 Å². The van der Waals surface area contributed by atoms with E-state index < -0.39 is 27.9 Å². The topological polar surface area (TPSA) is 107 Å². The second-order valence-electron chi connectivity index (χ2n) is 7.15. The van der Waals surface area contributed by atoms with Gasteiger partial charge in [-0.05, 0) is 49.6 Å². The summed E-state index contributed by atoms with van der Waals surface area (Å²) in [4.78, 5) is 23.9. The van der Waals surface area contributed by atoms with Gasteiger partial charge in [-0.2, -0.15) is 4.31 Å². The Labute approximate surface area is 170 Å². The first-order valence-corrected chi connectivity index (χ1v) is 10.9. The quantitative estimate of drug-likeness (QED) is 0.735. The highest BCUT2D eigenvalue weighted by Gasteiger charge is 2.27. The van der Waals surface area contributed by atoms with Crippen LogP contribution in [-0.4, -0.2) is 37.7 Å². The zero-order chi connectivity index (χ0) is 21.0. The number of sulfonamides is 1. The number of aliphatic carboxylic acids is 1. The average molecular weight is 415 g/mol. The van der Waals surface area contributed by atoms with Gasteiger partial charge in [0.05, 0.1) is 10.9 Å². The monoisotopic (exact) mass is 415 g/mol. The summed E-state index contributed by atoms with van der Waals surface area (Å²) in [6, 6.07) is 12.1. The van der Waals surface area contributed by atoms with Crippen molar-refractivity contribution in [2.75, 3.05) is 13.1 Å². The van der Waals surface area contributed by atoms with Gasteiger partial charge in [-0.1, -0.05) is 29.8 Å². The van der Waals surface area contributed by atoms with Crippen LogP contribution in [0.15, 0.2) is 53.4 Å². The third-order valence-electron chi connectivity index (χ3n) is 4.98. The van der Waals surface area contributed by atoms with E-state index in [1.165, 1.54) is 28.6 Å². The largest absolute Gasteiger partial charge is 0.550 e. The van der Waals surface area contributed by atoms with Crippen LogP contribution in [0.3, 0.4) is 0 Å². The fourth-order valence-corrected chi connectivity index (χ4v) is 4.83. The molecule has 1 saturated heterocycles. The second-order valence-corrected chi connectivity index (χ2v) is 9.09. The van der Waals surface area contributed by atoms with Crippen molar-refractivity contribution >= 4 is 21.9 Å². The van der Waals surface area contributed by atoms with Crippen molar-refractivity contribution in [3.05, 3.63) is 65.2 Å². The molecule has 1 N–H and O–H groups in total. The highest BCUT2D eigenvalue weighted by Crippen LogP contribution is 2.22. The van der Waals surface area contributed by atoms with E-state index in [1.807, 2.05) is 19.1 Å². The van der Waals surface area contributed by atoms with Crippen molar-refractivity contribution in [3.8, 4) is 0 Å². The second kappa shape index (κ2) is 8.75. The molecular weight excluding hydrogens is 392 g/mol. The van der Waals surface area contributed by atoms with Gasteiger partial charge in [0.1, 0.15) is 0 Å². The molecule has 0 aliphatic carbocycles. The van der Waals surface area contributed by atoms with E-state index in [0.717, 1.165) is 18.4 Å². The first kappa shape index (κ1) is 21.0. The molecule has 1 amide bonds. The summed E-state index contributed by atoms with van der Waals surface area (Å²) in [5.74, 6) is -1.76. The lowest BCUT2D eigenvalue weighted by Crippen LogP contribution is -2.34. The number of hydrogen-bond acceptors (Lipinski definition) is 5. The van der Waals surface area contributed by atoms with Gasteiger partial charge in [0.2, 0.25) is 10.0 Å². The van der Waals surface area contributed by atoms with E-state index in [4.69, 9.17) is 0 Å². The SMILES string of the molecule is Cc1ccc([C@@H](CC(=O)[O-])NC(=O)c2ccc(S(=O)(=O)N3CCCC3)cc2)cc1. The van der Waals surface area contributed by atoms with Crippen LogP contribution < -0.4 is 10.4 Å². The van der Waals surface area contributed by atoms with E-state index in [2.05, 4.69) is 5.32 Å². The zero-order valence-corrected chi connectivity index (χ0v) is 16.9. The summed E-state index contributed by atoms with van der Waals surface area (Å²) in [5.41, 5.74) is 1.92. The molecule has 0 radical (unpaired) electrons. The van der Waals surface area contributed by atoms with Gasteiger partial charge in [-0.3, -0.25) is 4.79 Å². The Morgan fingerprint density at radius 3 is 2.17 bits per heavy atom. The van der Waals surface area contributed by atoms with Crippen molar-refractivity contribution in [2.24, 2.45) is 0 Å². The highest BCUT2D eigenvalue weighted by atomic mass is 32.2. The lowest BCUT2D eigenvalue weighted by molar-refractivity contribution is -0.306. The Balaban J connectivity index is 1.76. The number of hydrogen-bond donors (Lipinski definition) is 1. The fraction of sp³-hybridized carbons (Fsp3) is 0.333. The highest BCUT2D eigenvalue weighted by molar-refractivity contribution is 7.89. The van der Waals surface area contributed by atoms with E-state index in [1.54, 1.807) is 12.1 Å². The number of carbonyl (C=O) groups excluding carboxylic acids is 2. The maximum atomic E-state index is 12.6. The lowest BCUT2D eigenvalue weighted by atomic mass is 10.0. The van der Waals surface area contributed by atoms with Gasteiger partial charge >= 0.3 is 0 Å². The molecule has 2 aromatic carbocycles. The number of nitrogens with zero attached hydrogens (tertiary/aromatic N) is 1. The van der Waals surface area contributed by atoms with Crippen LogP contribution >= 0.6 is 0 Å². The van der Waals surface area contributed by atoms with Gasteiger partial charge in [0, 0.05) is 31.0 Å². The van der Waals surface area contributed by atoms with E-state index >= 15 is 0 Å². The Hall–Kier alpha value is -2.71. The van der Waals surface area contributed by atoms with E-state index in [9.17, 15) is 23.1 Å². The van der Waals surface area contributed by atoms with Crippen LogP contribution in [-0.2, 0) is 14.8 Å². The van der Waals surface area contributed by atoms with Crippen LogP contribution in [0.5, 0.6) is 0 Å². The molecule has 7 nitrogen and oxygen atoms in total. The minimum Gasteiger partial charge on any atom is -0.550 e. The summed E-state index contributed by atoms with van der Waals surface area (Å²) in [6.45, 7) is 2.92. The number of carboxylic acid groups (broad SMARTS) is 1. The molecule has 1 aliphatic rings. The number of rotatable bonds is 7. The summed E-state index contributed by atoms with van der Waals surface area (Å²) < 4.78 is 26.6. The summed E-state index contributed by atoms with van der Waals surface area (Å²) in [6.07, 6.45) is 1.33. The fourth-order valence-electron chi connectivity index (χ4n) is 3.32. The molecule has 0 bridgehead atoms. The van der Waals surface area contributed by atoms with Crippen molar-refractivity contribution in [2.45, 2.75) is 37.1 Å². The molecule has 154 valence electrons. The maximum absolute atomic E-state index is 12.6. The normalized spacial score (nSPS) is 15.8. The molecule has 8 heteroatoms. The van der Waals surface area contributed by atoms with Crippen LogP contribution in [0.25, 0.3) is 0 Å². The third kappa shape index (κ3) is 5.02. The van der Waals surface area contributed by atoms with Gasteiger partial charge in [0.25, 0.3) is 5.91 Å². The molecule has 0 aromatic heterocycles. The molecule has 29 heavy (non-hydrogen) atoms.